The summed E-state index contributed by atoms with van der Waals surface area (Å²) >= 11 is 0. The molecular weight excluding hydrogens is 235 g/mol. The second kappa shape index (κ2) is 5.32. The first-order valence-electron chi connectivity index (χ1n) is 6.51. The first kappa shape index (κ1) is 12.7. The van der Waals surface area contributed by atoms with Crippen molar-refractivity contribution >= 4 is 27.1 Å². The molecule has 1 aromatic carbocycles. The summed E-state index contributed by atoms with van der Waals surface area (Å²) in [6.07, 6.45) is 4.21. The summed E-state index contributed by atoms with van der Waals surface area (Å²) < 4.78 is 2.29. The standard InChI is InChI=1S/C11H17B3N5/c1-17-8-9-19(10-17)14-16-12-15-13(18(14)2)11-6-4-3-5-7-11/h3-9,15-16H,10H2,1-2H3. The van der Waals surface area contributed by atoms with E-state index in [2.05, 4.69) is 75.5 Å². The fourth-order valence-electron chi connectivity index (χ4n) is 2.58. The van der Waals surface area contributed by atoms with Crippen molar-refractivity contribution in [2.75, 3.05) is 20.8 Å². The molecule has 0 spiro atoms. The predicted octanol–water partition coefficient (Wildman–Crippen LogP) is -1.30. The lowest BCUT2D eigenvalue weighted by Crippen LogP contribution is -2.77. The predicted molar refractivity (Wildman–Crippen MR) is 81.0 cm³/mol. The number of nitrogens with one attached hydrogen (secondary N) is 2. The van der Waals surface area contributed by atoms with Crippen LogP contribution in [-0.4, -0.2) is 56.8 Å². The van der Waals surface area contributed by atoms with Crippen LogP contribution in [-0.2, 0) is 0 Å². The van der Waals surface area contributed by atoms with Gasteiger partial charge in [-0.05, 0) is 12.5 Å². The summed E-state index contributed by atoms with van der Waals surface area (Å²) in [7, 11) is 6.30. The van der Waals surface area contributed by atoms with Crippen LogP contribution in [0.5, 0.6) is 0 Å². The molecule has 3 rings (SSSR count). The molecule has 1 radical (unpaired) electrons. The van der Waals surface area contributed by atoms with Crippen LogP contribution in [0.1, 0.15) is 0 Å². The number of hydrogen-bond acceptors (Lipinski definition) is 5. The van der Waals surface area contributed by atoms with Gasteiger partial charge in [-0.1, -0.05) is 30.3 Å². The molecule has 0 amide bonds. The van der Waals surface area contributed by atoms with E-state index in [0.29, 0.717) is 0 Å². The number of hydrogen-bond donors (Lipinski definition) is 2. The third-order valence-corrected chi connectivity index (χ3v) is 3.60. The molecule has 0 unspecified atom stereocenters. The molecule has 2 heterocycles. The molecule has 1 aromatic rings. The van der Waals surface area contributed by atoms with Gasteiger partial charge in [0.2, 0.25) is 0 Å². The monoisotopic (exact) mass is 252 g/mol. The Labute approximate surface area is 116 Å². The maximum atomic E-state index is 3.38. The van der Waals surface area contributed by atoms with Gasteiger partial charge in [0.05, 0.1) is 6.67 Å². The summed E-state index contributed by atoms with van der Waals surface area (Å²) in [4.78, 5) is 4.43. The van der Waals surface area contributed by atoms with E-state index in [1.165, 1.54) is 5.46 Å². The van der Waals surface area contributed by atoms with Crippen LogP contribution in [0.4, 0.5) is 0 Å². The van der Waals surface area contributed by atoms with E-state index < -0.39 is 0 Å². The maximum absolute atomic E-state index is 3.38. The van der Waals surface area contributed by atoms with E-state index in [4.69, 9.17) is 0 Å². The van der Waals surface area contributed by atoms with E-state index in [9.17, 15) is 0 Å². The van der Waals surface area contributed by atoms with Gasteiger partial charge in [-0.3, -0.25) is 0 Å². The van der Waals surface area contributed by atoms with E-state index in [1.54, 1.807) is 0 Å². The van der Waals surface area contributed by atoms with Crippen molar-refractivity contribution in [1.29, 1.82) is 0 Å². The topological polar surface area (TPSA) is 33.8 Å². The molecule has 1 saturated heterocycles. The summed E-state index contributed by atoms with van der Waals surface area (Å²) in [5, 5.41) is 6.74. The third kappa shape index (κ3) is 2.52. The highest BCUT2D eigenvalue weighted by atomic mass is 15.4. The van der Waals surface area contributed by atoms with E-state index in [-0.39, 0.29) is 14.1 Å². The molecule has 2 aliphatic rings. The van der Waals surface area contributed by atoms with Crippen molar-refractivity contribution in [3.8, 4) is 0 Å². The van der Waals surface area contributed by atoms with Crippen LogP contribution in [0.15, 0.2) is 42.7 Å². The fraction of sp³-hybridized carbons (Fsp3) is 0.273. The second-order valence-electron chi connectivity index (χ2n) is 5.04. The van der Waals surface area contributed by atoms with E-state index >= 15 is 0 Å². The van der Waals surface area contributed by atoms with Gasteiger partial charge in [0, 0.05) is 19.4 Å². The Morgan fingerprint density at radius 2 is 1.89 bits per heavy atom. The molecule has 0 aliphatic carbocycles. The van der Waals surface area contributed by atoms with Gasteiger partial charge in [-0.15, -0.1) is 0 Å². The molecule has 0 bridgehead atoms. The lowest BCUT2D eigenvalue weighted by atomic mass is 9.54. The Hall–Kier alpha value is -1.37. The lowest BCUT2D eigenvalue weighted by molar-refractivity contribution is 0.378. The SMILES string of the molecule is CN1C=CN(B2N[B]NB(c3ccccc3)N2C)C1. The summed E-state index contributed by atoms with van der Waals surface area (Å²) in [6.45, 7) is 1.09. The third-order valence-electron chi connectivity index (χ3n) is 3.60. The van der Waals surface area contributed by atoms with Crippen LogP contribution < -0.4 is 15.7 Å². The van der Waals surface area contributed by atoms with Crippen molar-refractivity contribution in [3.63, 3.8) is 0 Å². The minimum Gasteiger partial charge on any atom is -0.376 e. The van der Waals surface area contributed by atoms with Crippen LogP contribution in [0, 0.1) is 0 Å². The molecule has 2 N–H and O–H groups in total. The quantitative estimate of drug-likeness (QED) is 0.639. The molecule has 0 saturated carbocycles. The van der Waals surface area contributed by atoms with Crippen LogP contribution in [0.3, 0.4) is 0 Å². The fourth-order valence-corrected chi connectivity index (χ4v) is 2.58. The van der Waals surface area contributed by atoms with Crippen LogP contribution >= 0.6 is 0 Å². The molecular formula is C11H17B3N5. The maximum Gasteiger partial charge on any atom is 0.414 e. The highest BCUT2D eigenvalue weighted by Gasteiger charge is 2.39. The Balaban J connectivity index is 1.76. The van der Waals surface area contributed by atoms with E-state index in [0.717, 1.165) is 6.67 Å². The van der Waals surface area contributed by atoms with Gasteiger partial charge in [0.25, 0.3) is 7.55 Å². The summed E-state index contributed by atoms with van der Waals surface area (Å²) in [5.74, 6) is 0. The highest BCUT2D eigenvalue weighted by Crippen LogP contribution is 2.09. The molecule has 5 nitrogen and oxygen atoms in total. The van der Waals surface area contributed by atoms with Crippen molar-refractivity contribution in [2.45, 2.75) is 0 Å². The summed E-state index contributed by atoms with van der Waals surface area (Å²) in [5.41, 5.74) is 1.27. The van der Waals surface area contributed by atoms with Crippen molar-refractivity contribution in [3.05, 3.63) is 42.7 Å². The smallest absolute Gasteiger partial charge is 0.376 e. The zero-order valence-corrected chi connectivity index (χ0v) is 11.3. The molecule has 0 atom stereocenters. The van der Waals surface area contributed by atoms with Crippen molar-refractivity contribution in [2.24, 2.45) is 0 Å². The minimum absolute atomic E-state index is 0.160. The Kier molecular flexibility index (Phi) is 3.55. The van der Waals surface area contributed by atoms with Gasteiger partial charge in [0.15, 0.2) is 0 Å². The zero-order chi connectivity index (χ0) is 13.2. The Bertz CT molecular complexity index is 457. The van der Waals surface area contributed by atoms with Crippen molar-refractivity contribution in [1.82, 2.24) is 24.7 Å². The van der Waals surface area contributed by atoms with Crippen molar-refractivity contribution < 1.29 is 0 Å². The molecule has 95 valence electrons. The molecule has 8 heteroatoms. The van der Waals surface area contributed by atoms with Gasteiger partial charge < -0.3 is 24.7 Å². The zero-order valence-electron chi connectivity index (χ0n) is 11.3. The highest BCUT2D eigenvalue weighted by molar-refractivity contribution is 6.86. The normalized spacial score (nSPS) is 20.1. The molecule has 2 aliphatic heterocycles. The van der Waals surface area contributed by atoms with Crippen LogP contribution in [0.25, 0.3) is 0 Å². The Morgan fingerprint density at radius 3 is 2.58 bits per heavy atom. The number of rotatable bonds is 2. The lowest BCUT2D eigenvalue weighted by Gasteiger charge is -2.40. The molecule has 0 aromatic heterocycles. The van der Waals surface area contributed by atoms with Crippen LogP contribution in [0.2, 0.25) is 0 Å². The molecule has 1 fully saturated rings. The number of nitrogens with zero attached hydrogens (tertiary/aromatic N) is 3. The van der Waals surface area contributed by atoms with E-state index in [1.807, 2.05) is 13.6 Å². The van der Waals surface area contributed by atoms with Gasteiger partial charge in [-0.2, -0.15) is 0 Å². The largest absolute Gasteiger partial charge is 0.414 e. The number of benzene rings is 1. The van der Waals surface area contributed by atoms with Gasteiger partial charge >= 0.3 is 14.1 Å². The average molecular weight is 252 g/mol. The Morgan fingerprint density at radius 1 is 1.11 bits per heavy atom. The minimum atomic E-state index is 0.160. The first-order chi connectivity index (χ1) is 9.25. The second-order valence-corrected chi connectivity index (χ2v) is 5.04. The average Bonchev–Trinajstić information content (AvgIpc) is 2.86. The van der Waals surface area contributed by atoms with Gasteiger partial charge in [0.1, 0.15) is 0 Å². The first-order valence-corrected chi connectivity index (χ1v) is 6.51. The van der Waals surface area contributed by atoms with Gasteiger partial charge in [-0.25, -0.2) is 0 Å². The summed E-state index contributed by atoms with van der Waals surface area (Å²) in [6, 6.07) is 10.5. The molecule has 19 heavy (non-hydrogen) atoms.